The van der Waals surface area contributed by atoms with Gasteiger partial charge in [0.05, 0.1) is 0 Å². The third-order valence-electron chi connectivity index (χ3n) is 4.20. The van der Waals surface area contributed by atoms with Crippen molar-refractivity contribution in [3.05, 3.63) is 101 Å². The van der Waals surface area contributed by atoms with Crippen molar-refractivity contribution in [3.8, 4) is 11.4 Å². The number of carbonyl (C=O) groups is 1. The normalized spacial score (nSPS) is 10.6. The largest absolute Gasteiger partial charge is 0.350 e. The lowest BCUT2D eigenvalue weighted by Gasteiger charge is -2.07. The Labute approximate surface area is 167 Å². The van der Waals surface area contributed by atoms with Crippen molar-refractivity contribution in [2.24, 2.45) is 0 Å². The van der Waals surface area contributed by atoms with Crippen molar-refractivity contribution in [2.45, 2.75) is 6.54 Å². The van der Waals surface area contributed by atoms with Gasteiger partial charge in [0.2, 0.25) is 5.95 Å². The molecule has 0 amide bonds. The lowest BCUT2D eigenvalue weighted by atomic mass is 10.2. The summed E-state index contributed by atoms with van der Waals surface area (Å²) in [5, 5.41) is 8.16. The van der Waals surface area contributed by atoms with Gasteiger partial charge in [0.1, 0.15) is 0 Å². The number of anilines is 1. The molecule has 0 bridgehead atoms. The molecule has 0 spiro atoms. The predicted molar refractivity (Wildman–Crippen MR) is 110 cm³/mol. The number of carbonyl (C=O) groups excluding carboxylic acids is 1. The monoisotopic (exact) mass is 388 g/mol. The van der Waals surface area contributed by atoms with Gasteiger partial charge in [0, 0.05) is 22.7 Å². The van der Waals surface area contributed by atoms with Gasteiger partial charge in [0.25, 0.3) is 5.91 Å². The van der Waals surface area contributed by atoms with E-state index >= 15 is 0 Å². The van der Waals surface area contributed by atoms with Crippen LogP contribution in [0.2, 0.25) is 5.02 Å². The molecular weight excluding hydrogens is 372 g/mol. The fourth-order valence-corrected chi connectivity index (χ4v) is 2.99. The summed E-state index contributed by atoms with van der Waals surface area (Å²) in [5.74, 6) is 0.562. The number of hydrogen-bond acceptors (Lipinski definition) is 4. The van der Waals surface area contributed by atoms with Crippen LogP contribution >= 0.6 is 11.6 Å². The Kier molecular flexibility index (Phi) is 5.17. The van der Waals surface area contributed by atoms with Crippen molar-refractivity contribution in [2.75, 3.05) is 5.32 Å². The molecule has 0 aliphatic carbocycles. The van der Waals surface area contributed by atoms with Gasteiger partial charge in [0.15, 0.2) is 5.82 Å². The zero-order valence-corrected chi connectivity index (χ0v) is 15.7. The number of rotatable bonds is 5. The minimum atomic E-state index is -0.298. The van der Waals surface area contributed by atoms with Crippen LogP contribution in [0.1, 0.15) is 15.9 Å². The molecule has 1 heterocycles. The van der Waals surface area contributed by atoms with E-state index in [4.69, 9.17) is 11.6 Å². The van der Waals surface area contributed by atoms with Crippen LogP contribution in [0.25, 0.3) is 11.4 Å². The molecule has 0 fully saturated rings. The maximum Gasteiger partial charge on any atom is 0.281 e. The summed E-state index contributed by atoms with van der Waals surface area (Å²) in [6.07, 6.45) is 0. The zero-order valence-electron chi connectivity index (χ0n) is 14.9. The molecule has 0 aliphatic heterocycles. The summed E-state index contributed by atoms with van der Waals surface area (Å²) in [6.45, 7) is 0.524. The zero-order chi connectivity index (χ0) is 19.3. The first-order valence-electron chi connectivity index (χ1n) is 8.81. The quantitative estimate of drug-likeness (QED) is 0.528. The molecule has 0 saturated heterocycles. The third kappa shape index (κ3) is 3.94. The van der Waals surface area contributed by atoms with Crippen molar-refractivity contribution in [3.63, 3.8) is 0 Å². The molecule has 3 aromatic carbocycles. The Hall–Kier alpha value is -3.44. The summed E-state index contributed by atoms with van der Waals surface area (Å²) in [5.41, 5.74) is 2.36. The van der Waals surface area contributed by atoms with Crippen LogP contribution < -0.4 is 5.32 Å². The Balaban J connectivity index is 1.70. The van der Waals surface area contributed by atoms with Crippen LogP contribution in [0.4, 0.5) is 5.95 Å². The number of aromatic nitrogens is 3. The van der Waals surface area contributed by atoms with Gasteiger partial charge < -0.3 is 5.32 Å². The number of benzene rings is 3. The second-order valence-electron chi connectivity index (χ2n) is 6.19. The third-order valence-corrected chi connectivity index (χ3v) is 4.43. The summed E-state index contributed by atoms with van der Waals surface area (Å²) in [4.78, 5) is 17.6. The van der Waals surface area contributed by atoms with E-state index in [-0.39, 0.29) is 5.91 Å². The molecular formula is C22H17ClN4O. The molecule has 0 radical (unpaired) electrons. The number of nitrogens with one attached hydrogen (secondary N) is 1. The number of halogens is 1. The Bertz CT molecular complexity index is 1090. The minimum absolute atomic E-state index is 0.298. The molecule has 0 saturated carbocycles. The SMILES string of the molecule is O=C(c1cccc(Cl)c1)n1nc(-c2ccccc2)nc1NCc1ccccc1. The highest BCUT2D eigenvalue weighted by Crippen LogP contribution is 2.20. The lowest BCUT2D eigenvalue weighted by molar-refractivity contribution is 0.0947. The summed E-state index contributed by atoms with van der Waals surface area (Å²) >= 11 is 6.05. The van der Waals surface area contributed by atoms with Crippen LogP contribution in [0.15, 0.2) is 84.9 Å². The predicted octanol–water partition coefficient (Wildman–Crippen LogP) is 4.90. The first kappa shape index (κ1) is 17.9. The van der Waals surface area contributed by atoms with Crippen LogP contribution in [-0.4, -0.2) is 20.7 Å². The first-order chi connectivity index (χ1) is 13.7. The van der Waals surface area contributed by atoms with E-state index in [2.05, 4.69) is 15.4 Å². The Morgan fingerprint density at radius 2 is 1.64 bits per heavy atom. The Morgan fingerprint density at radius 3 is 2.36 bits per heavy atom. The molecule has 0 unspecified atom stereocenters. The van der Waals surface area contributed by atoms with E-state index in [9.17, 15) is 4.79 Å². The maximum atomic E-state index is 13.0. The van der Waals surface area contributed by atoms with Gasteiger partial charge in [-0.05, 0) is 23.8 Å². The highest BCUT2D eigenvalue weighted by molar-refractivity contribution is 6.31. The molecule has 28 heavy (non-hydrogen) atoms. The standard InChI is InChI=1S/C22H17ClN4O/c23-19-13-7-12-18(14-19)21(28)27-22(24-15-16-8-3-1-4-9-16)25-20(26-27)17-10-5-2-6-11-17/h1-14H,15H2,(H,24,25,26). The molecule has 0 atom stereocenters. The van der Waals surface area contributed by atoms with E-state index < -0.39 is 0 Å². The molecule has 4 rings (SSSR count). The van der Waals surface area contributed by atoms with E-state index in [1.807, 2.05) is 60.7 Å². The molecule has 0 aliphatic rings. The first-order valence-corrected chi connectivity index (χ1v) is 9.19. The highest BCUT2D eigenvalue weighted by Gasteiger charge is 2.19. The van der Waals surface area contributed by atoms with Gasteiger partial charge in [-0.3, -0.25) is 4.79 Å². The van der Waals surface area contributed by atoms with Gasteiger partial charge >= 0.3 is 0 Å². The summed E-state index contributed by atoms with van der Waals surface area (Å²) < 4.78 is 1.29. The van der Waals surface area contributed by atoms with Gasteiger partial charge in [-0.15, -0.1) is 5.10 Å². The van der Waals surface area contributed by atoms with Crippen LogP contribution in [0.5, 0.6) is 0 Å². The molecule has 138 valence electrons. The topological polar surface area (TPSA) is 59.8 Å². The summed E-state index contributed by atoms with van der Waals surface area (Å²) in [7, 11) is 0. The average molecular weight is 389 g/mol. The van der Waals surface area contributed by atoms with Crippen LogP contribution in [0, 0.1) is 0 Å². The van der Waals surface area contributed by atoms with Crippen LogP contribution in [-0.2, 0) is 6.54 Å². The molecule has 1 N–H and O–H groups in total. The minimum Gasteiger partial charge on any atom is -0.350 e. The fourth-order valence-electron chi connectivity index (χ4n) is 2.80. The van der Waals surface area contributed by atoms with Crippen molar-refractivity contribution >= 4 is 23.5 Å². The number of nitrogens with zero attached hydrogens (tertiary/aromatic N) is 3. The molecule has 4 aromatic rings. The smallest absolute Gasteiger partial charge is 0.281 e. The molecule has 6 heteroatoms. The lowest BCUT2D eigenvalue weighted by Crippen LogP contribution is -2.17. The van der Waals surface area contributed by atoms with Crippen molar-refractivity contribution in [1.82, 2.24) is 14.8 Å². The molecule has 5 nitrogen and oxygen atoms in total. The number of hydrogen-bond donors (Lipinski definition) is 1. The average Bonchev–Trinajstić information content (AvgIpc) is 3.17. The van der Waals surface area contributed by atoms with E-state index in [1.165, 1.54) is 4.68 Å². The van der Waals surface area contributed by atoms with Crippen molar-refractivity contribution in [1.29, 1.82) is 0 Å². The summed E-state index contributed by atoms with van der Waals surface area (Å²) in [6, 6.07) is 26.2. The van der Waals surface area contributed by atoms with E-state index in [0.29, 0.717) is 28.9 Å². The second-order valence-corrected chi connectivity index (χ2v) is 6.63. The second kappa shape index (κ2) is 8.06. The van der Waals surface area contributed by atoms with Gasteiger partial charge in [-0.1, -0.05) is 78.3 Å². The fraction of sp³-hybridized carbons (Fsp3) is 0.0455. The van der Waals surface area contributed by atoms with E-state index in [1.54, 1.807) is 24.3 Å². The van der Waals surface area contributed by atoms with E-state index in [0.717, 1.165) is 11.1 Å². The Morgan fingerprint density at radius 1 is 0.929 bits per heavy atom. The highest BCUT2D eigenvalue weighted by atomic mass is 35.5. The van der Waals surface area contributed by atoms with Crippen LogP contribution in [0.3, 0.4) is 0 Å². The maximum absolute atomic E-state index is 13.0. The molecule has 1 aromatic heterocycles. The van der Waals surface area contributed by atoms with Gasteiger partial charge in [-0.2, -0.15) is 9.67 Å². The van der Waals surface area contributed by atoms with Crippen molar-refractivity contribution < 1.29 is 4.79 Å². The van der Waals surface area contributed by atoms with Gasteiger partial charge in [-0.25, -0.2) is 0 Å².